The summed E-state index contributed by atoms with van der Waals surface area (Å²) in [4.78, 5) is 0. The van der Waals surface area contributed by atoms with Gasteiger partial charge in [0.1, 0.15) is 0 Å². The summed E-state index contributed by atoms with van der Waals surface area (Å²) in [5, 5.41) is 10.9. The minimum atomic E-state index is 0.333. The Labute approximate surface area is 99.2 Å². The molecule has 0 aromatic carbocycles. The Morgan fingerprint density at radius 2 is 2.33 bits per heavy atom. The molecular formula is C9H16ClN3OS. The van der Waals surface area contributed by atoms with E-state index in [2.05, 4.69) is 29.4 Å². The van der Waals surface area contributed by atoms with Gasteiger partial charge in [0.15, 0.2) is 0 Å². The second kappa shape index (κ2) is 6.95. The van der Waals surface area contributed by atoms with Crippen molar-refractivity contribution in [2.45, 2.75) is 26.3 Å². The Morgan fingerprint density at radius 3 is 3.00 bits per heavy atom. The Morgan fingerprint density at radius 1 is 1.53 bits per heavy atom. The van der Waals surface area contributed by atoms with E-state index in [1.165, 1.54) is 0 Å². The third kappa shape index (κ3) is 4.75. The van der Waals surface area contributed by atoms with Crippen LogP contribution in [-0.2, 0) is 6.42 Å². The minimum Gasteiger partial charge on any atom is -0.408 e. The van der Waals surface area contributed by atoms with Crippen molar-refractivity contribution in [3.63, 3.8) is 0 Å². The predicted molar refractivity (Wildman–Crippen MR) is 64.8 cm³/mol. The van der Waals surface area contributed by atoms with Crippen molar-refractivity contribution in [1.82, 2.24) is 10.2 Å². The first-order valence-electron chi connectivity index (χ1n) is 4.99. The number of halogens is 1. The molecule has 0 amide bonds. The van der Waals surface area contributed by atoms with Crippen molar-refractivity contribution in [2.24, 2.45) is 0 Å². The highest BCUT2D eigenvalue weighted by Crippen LogP contribution is 2.10. The zero-order valence-electron chi connectivity index (χ0n) is 8.99. The maximum Gasteiger partial charge on any atom is 0.315 e. The van der Waals surface area contributed by atoms with Crippen LogP contribution in [0.25, 0.3) is 0 Å². The van der Waals surface area contributed by atoms with Crippen LogP contribution in [0.15, 0.2) is 4.42 Å². The van der Waals surface area contributed by atoms with Gasteiger partial charge in [-0.1, -0.05) is 12.0 Å². The van der Waals surface area contributed by atoms with Crippen LogP contribution in [0.4, 0.5) is 6.01 Å². The molecule has 6 heteroatoms. The largest absolute Gasteiger partial charge is 0.408 e. The van der Waals surface area contributed by atoms with Gasteiger partial charge in [0.25, 0.3) is 0 Å². The van der Waals surface area contributed by atoms with E-state index >= 15 is 0 Å². The number of nitrogens with one attached hydrogen (secondary N) is 1. The molecule has 15 heavy (non-hydrogen) atoms. The zero-order valence-corrected chi connectivity index (χ0v) is 10.6. The summed E-state index contributed by atoms with van der Waals surface area (Å²) in [6, 6.07) is 0.818. The molecule has 1 heterocycles. The molecule has 0 aliphatic rings. The zero-order chi connectivity index (χ0) is 11.1. The lowest BCUT2D eigenvalue weighted by Crippen LogP contribution is -2.18. The molecule has 0 fully saturated rings. The van der Waals surface area contributed by atoms with Gasteiger partial charge in [-0.05, 0) is 12.7 Å². The van der Waals surface area contributed by atoms with E-state index in [4.69, 9.17) is 16.0 Å². The van der Waals surface area contributed by atoms with Gasteiger partial charge < -0.3 is 9.73 Å². The summed E-state index contributed by atoms with van der Waals surface area (Å²) in [7, 11) is 0. The lowest BCUT2D eigenvalue weighted by molar-refractivity contribution is 0.509. The average Bonchev–Trinajstić information content (AvgIpc) is 2.63. The first-order valence-corrected chi connectivity index (χ1v) is 6.67. The molecule has 0 aliphatic carbocycles. The number of aromatic nitrogens is 2. The molecule has 0 saturated carbocycles. The van der Waals surface area contributed by atoms with Crippen molar-refractivity contribution >= 4 is 29.4 Å². The van der Waals surface area contributed by atoms with Gasteiger partial charge in [-0.15, -0.1) is 16.7 Å². The summed E-state index contributed by atoms with van der Waals surface area (Å²) < 4.78 is 5.35. The first kappa shape index (κ1) is 12.6. The Balaban J connectivity index is 2.35. The molecule has 1 aromatic heterocycles. The molecule has 1 atom stereocenters. The number of hydrogen-bond acceptors (Lipinski definition) is 5. The summed E-state index contributed by atoms with van der Waals surface area (Å²) in [5.41, 5.74) is 0. The fourth-order valence-corrected chi connectivity index (χ4v) is 1.88. The smallest absolute Gasteiger partial charge is 0.315 e. The number of rotatable bonds is 7. The Kier molecular flexibility index (Phi) is 5.86. The van der Waals surface area contributed by atoms with Crippen LogP contribution in [0.3, 0.4) is 0 Å². The van der Waals surface area contributed by atoms with Gasteiger partial charge in [-0.2, -0.15) is 11.8 Å². The van der Waals surface area contributed by atoms with E-state index in [0.717, 1.165) is 11.5 Å². The third-order valence-corrected chi connectivity index (χ3v) is 3.05. The standard InChI is InChI=1S/C9H16ClN3OS/c1-3-15-6-7(2)11-9-13-12-8(14-9)4-5-10/h7H,3-6H2,1-2H3,(H,11,13). The number of nitrogens with zero attached hydrogens (tertiary/aromatic N) is 2. The predicted octanol–water partition coefficient (Wildman–Crippen LogP) is 2.40. The van der Waals surface area contributed by atoms with Crippen LogP contribution in [0.2, 0.25) is 0 Å². The van der Waals surface area contributed by atoms with Crippen LogP contribution in [0.5, 0.6) is 0 Å². The molecule has 86 valence electrons. The first-order chi connectivity index (χ1) is 7.26. The highest BCUT2D eigenvalue weighted by Gasteiger charge is 2.08. The molecule has 0 bridgehead atoms. The molecule has 4 nitrogen and oxygen atoms in total. The van der Waals surface area contributed by atoms with Gasteiger partial charge >= 0.3 is 6.01 Å². The molecule has 1 unspecified atom stereocenters. The third-order valence-electron chi connectivity index (χ3n) is 1.72. The van der Waals surface area contributed by atoms with Gasteiger partial charge in [0.05, 0.1) is 0 Å². The van der Waals surface area contributed by atoms with E-state index in [9.17, 15) is 0 Å². The molecular weight excluding hydrogens is 234 g/mol. The second-order valence-electron chi connectivity index (χ2n) is 3.14. The average molecular weight is 250 g/mol. The molecule has 0 spiro atoms. The van der Waals surface area contributed by atoms with Crippen molar-refractivity contribution in [2.75, 3.05) is 22.7 Å². The quantitative estimate of drug-likeness (QED) is 0.752. The molecule has 0 radical (unpaired) electrons. The molecule has 0 aliphatic heterocycles. The lowest BCUT2D eigenvalue weighted by Gasteiger charge is -2.09. The Bertz CT molecular complexity index is 282. The molecule has 1 rings (SSSR count). The summed E-state index contributed by atoms with van der Waals surface area (Å²) in [6.07, 6.45) is 0.619. The van der Waals surface area contributed by atoms with Crippen LogP contribution in [0, 0.1) is 0 Å². The number of hydrogen-bond donors (Lipinski definition) is 1. The fraction of sp³-hybridized carbons (Fsp3) is 0.778. The van der Waals surface area contributed by atoms with Crippen molar-refractivity contribution in [3.05, 3.63) is 5.89 Å². The molecule has 1 aromatic rings. The van der Waals surface area contributed by atoms with E-state index < -0.39 is 0 Å². The molecule has 1 N–H and O–H groups in total. The van der Waals surface area contributed by atoms with E-state index in [-0.39, 0.29) is 0 Å². The van der Waals surface area contributed by atoms with Crippen molar-refractivity contribution < 1.29 is 4.42 Å². The maximum atomic E-state index is 5.57. The minimum absolute atomic E-state index is 0.333. The van der Waals surface area contributed by atoms with Crippen LogP contribution < -0.4 is 5.32 Å². The highest BCUT2D eigenvalue weighted by atomic mass is 35.5. The van der Waals surface area contributed by atoms with Crippen LogP contribution in [-0.4, -0.2) is 33.6 Å². The number of aryl methyl sites for hydroxylation is 1. The highest BCUT2D eigenvalue weighted by molar-refractivity contribution is 7.99. The van der Waals surface area contributed by atoms with Crippen LogP contribution >= 0.6 is 23.4 Å². The summed E-state index contributed by atoms with van der Waals surface area (Å²) >= 11 is 7.45. The van der Waals surface area contributed by atoms with Crippen molar-refractivity contribution in [3.8, 4) is 0 Å². The fourth-order valence-electron chi connectivity index (χ4n) is 1.04. The van der Waals surface area contributed by atoms with Gasteiger partial charge in [-0.3, -0.25) is 0 Å². The van der Waals surface area contributed by atoms with E-state index in [1.807, 2.05) is 11.8 Å². The number of anilines is 1. The van der Waals surface area contributed by atoms with Crippen molar-refractivity contribution in [1.29, 1.82) is 0 Å². The summed E-state index contributed by atoms with van der Waals surface area (Å²) in [6.45, 7) is 4.23. The second-order valence-corrected chi connectivity index (χ2v) is 4.84. The van der Waals surface area contributed by atoms with Gasteiger partial charge in [-0.25, -0.2) is 0 Å². The SMILES string of the molecule is CCSCC(C)Nc1nnc(CCCl)o1. The number of alkyl halides is 1. The molecule has 0 saturated heterocycles. The van der Waals surface area contributed by atoms with Gasteiger partial charge in [0, 0.05) is 24.1 Å². The number of thioether (sulfide) groups is 1. The Hall–Kier alpha value is -0.420. The topological polar surface area (TPSA) is 51.0 Å². The maximum absolute atomic E-state index is 5.57. The van der Waals surface area contributed by atoms with E-state index in [1.54, 1.807) is 0 Å². The monoisotopic (exact) mass is 249 g/mol. The lowest BCUT2D eigenvalue weighted by atomic mass is 10.4. The van der Waals surface area contributed by atoms with Gasteiger partial charge in [0.2, 0.25) is 5.89 Å². The normalized spacial score (nSPS) is 12.7. The summed E-state index contributed by atoms with van der Waals surface area (Å²) in [5.74, 6) is 3.24. The van der Waals surface area contributed by atoms with Crippen LogP contribution in [0.1, 0.15) is 19.7 Å². The van der Waals surface area contributed by atoms with E-state index in [0.29, 0.717) is 30.2 Å².